The maximum Gasteiger partial charge on any atom is 0.322 e. The Morgan fingerprint density at radius 1 is 1.35 bits per heavy atom. The molecule has 1 atom stereocenters. The minimum absolute atomic E-state index is 0.307. The van der Waals surface area contributed by atoms with Crippen LogP contribution < -0.4 is 5.32 Å². The number of hydrogen-bond acceptors (Lipinski definition) is 4. The summed E-state index contributed by atoms with van der Waals surface area (Å²) in [5.74, 6) is -3.19. The molecular weight excluding hydrogens is 322 g/mol. The van der Waals surface area contributed by atoms with Crippen LogP contribution in [0.25, 0.3) is 5.76 Å². The third kappa shape index (κ3) is 2.82. The molecule has 122 valence electrons. The van der Waals surface area contributed by atoms with E-state index in [9.17, 15) is 19.5 Å². The Hall–Kier alpha value is -2.34. The van der Waals surface area contributed by atoms with Gasteiger partial charge in [-0.3, -0.25) is 14.4 Å². The fourth-order valence-electron chi connectivity index (χ4n) is 2.64. The van der Waals surface area contributed by atoms with Crippen molar-refractivity contribution in [3.05, 3.63) is 39.9 Å². The van der Waals surface area contributed by atoms with Gasteiger partial charge in [-0.1, -0.05) is 24.6 Å². The summed E-state index contributed by atoms with van der Waals surface area (Å²) in [5, 5.41) is 21.5. The van der Waals surface area contributed by atoms with E-state index in [2.05, 4.69) is 5.32 Å². The van der Waals surface area contributed by atoms with E-state index in [1.54, 1.807) is 26.0 Å². The number of amides is 1. The number of halogens is 1. The lowest BCUT2D eigenvalue weighted by Crippen LogP contribution is -2.43. The van der Waals surface area contributed by atoms with Gasteiger partial charge >= 0.3 is 5.97 Å². The van der Waals surface area contributed by atoms with Crippen LogP contribution in [0.4, 0.5) is 0 Å². The Morgan fingerprint density at radius 2 is 2.00 bits per heavy atom. The minimum atomic E-state index is -1.25. The van der Waals surface area contributed by atoms with Gasteiger partial charge in [0, 0.05) is 10.6 Å². The van der Waals surface area contributed by atoms with Gasteiger partial charge in [0.25, 0.3) is 5.91 Å². The van der Waals surface area contributed by atoms with Gasteiger partial charge < -0.3 is 15.5 Å². The number of hydrogen-bond donors (Lipinski definition) is 3. The highest BCUT2D eigenvalue weighted by atomic mass is 35.5. The van der Waals surface area contributed by atoms with Gasteiger partial charge in [0.1, 0.15) is 17.9 Å². The molecule has 1 aromatic carbocycles. The van der Waals surface area contributed by atoms with Crippen molar-refractivity contribution in [3.8, 4) is 0 Å². The average molecular weight is 338 g/mol. The lowest BCUT2D eigenvalue weighted by Gasteiger charge is -2.34. The van der Waals surface area contributed by atoms with Gasteiger partial charge in [0.15, 0.2) is 5.78 Å². The molecule has 7 heteroatoms. The van der Waals surface area contributed by atoms with E-state index in [1.807, 2.05) is 0 Å². The lowest BCUT2D eigenvalue weighted by atomic mass is 9.68. The first-order chi connectivity index (χ1) is 10.7. The van der Waals surface area contributed by atoms with Crippen LogP contribution in [0.2, 0.25) is 5.02 Å². The number of carbonyl (C=O) groups is 3. The first-order valence-electron chi connectivity index (χ1n) is 7.00. The van der Waals surface area contributed by atoms with Crippen LogP contribution in [-0.2, 0) is 19.8 Å². The number of aliphatic carboxylic acids is 1. The highest BCUT2D eigenvalue weighted by molar-refractivity contribution is 6.32. The summed E-state index contributed by atoms with van der Waals surface area (Å²) >= 11 is 5.95. The smallest absolute Gasteiger partial charge is 0.322 e. The molecule has 0 heterocycles. The predicted octanol–water partition coefficient (Wildman–Crippen LogP) is 2.06. The second kappa shape index (κ2) is 6.04. The predicted molar refractivity (Wildman–Crippen MR) is 84.3 cm³/mol. The Kier molecular flexibility index (Phi) is 4.47. The molecule has 0 bridgehead atoms. The molecule has 1 aliphatic carbocycles. The zero-order valence-electron chi connectivity index (χ0n) is 12.6. The molecule has 1 aromatic rings. The molecule has 0 aliphatic heterocycles. The van der Waals surface area contributed by atoms with E-state index in [1.165, 1.54) is 6.07 Å². The second-order valence-corrected chi connectivity index (χ2v) is 5.94. The summed E-state index contributed by atoms with van der Waals surface area (Å²) < 4.78 is 0. The van der Waals surface area contributed by atoms with Crippen LogP contribution in [0.1, 0.15) is 31.4 Å². The molecule has 2 rings (SSSR count). The normalized spacial score (nSPS) is 20.2. The van der Waals surface area contributed by atoms with Crippen LogP contribution in [-0.4, -0.2) is 34.4 Å². The minimum Gasteiger partial charge on any atom is -0.506 e. The summed E-state index contributed by atoms with van der Waals surface area (Å²) in [4.78, 5) is 35.5. The molecule has 1 amide bonds. The zero-order chi connectivity index (χ0) is 17.4. The van der Waals surface area contributed by atoms with E-state index < -0.39 is 41.0 Å². The van der Waals surface area contributed by atoms with Gasteiger partial charge in [0.05, 0.1) is 5.41 Å². The summed E-state index contributed by atoms with van der Waals surface area (Å²) in [6.07, 6.45) is 0.406. The highest BCUT2D eigenvalue weighted by Crippen LogP contribution is 2.42. The Labute approximate surface area is 137 Å². The number of carboxylic acids is 1. The second-order valence-electron chi connectivity index (χ2n) is 5.50. The summed E-state index contributed by atoms with van der Waals surface area (Å²) in [7, 11) is 0. The largest absolute Gasteiger partial charge is 0.506 e. The van der Waals surface area contributed by atoms with Crippen LogP contribution in [0.15, 0.2) is 23.8 Å². The van der Waals surface area contributed by atoms with Crippen LogP contribution in [0, 0.1) is 0 Å². The topological polar surface area (TPSA) is 104 Å². The van der Waals surface area contributed by atoms with E-state index in [0.29, 0.717) is 22.6 Å². The quantitative estimate of drug-likeness (QED) is 0.730. The Morgan fingerprint density at radius 3 is 2.57 bits per heavy atom. The van der Waals surface area contributed by atoms with Crippen molar-refractivity contribution in [1.82, 2.24) is 5.32 Å². The number of carbonyl (C=O) groups excluding carboxylic acids is 2. The van der Waals surface area contributed by atoms with Crippen molar-refractivity contribution in [2.24, 2.45) is 0 Å². The van der Waals surface area contributed by atoms with E-state index >= 15 is 0 Å². The number of aliphatic hydroxyl groups is 1. The number of rotatable bonds is 4. The molecule has 1 aliphatic rings. The van der Waals surface area contributed by atoms with Crippen molar-refractivity contribution in [1.29, 1.82) is 0 Å². The van der Waals surface area contributed by atoms with Crippen LogP contribution in [0.5, 0.6) is 0 Å². The van der Waals surface area contributed by atoms with Crippen LogP contribution in [0.3, 0.4) is 0 Å². The van der Waals surface area contributed by atoms with Crippen LogP contribution >= 0.6 is 11.6 Å². The number of fused-ring (bicyclic) bond motifs is 1. The fourth-order valence-corrected chi connectivity index (χ4v) is 2.81. The molecule has 6 nitrogen and oxygen atoms in total. The lowest BCUT2D eigenvalue weighted by molar-refractivity contribution is -0.138. The zero-order valence-corrected chi connectivity index (χ0v) is 13.4. The number of nitrogens with one attached hydrogen (secondary N) is 1. The number of Topliss-reactive ketones (excluding diaryl/α,β-unsaturated/α-hetero) is 1. The fraction of sp³-hybridized carbons (Fsp3) is 0.312. The molecule has 0 fully saturated rings. The molecule has 23 heavy (non-hydrogen) atoms. The van der Waals surface area contributed by atoms with Gasteiger partial charge in [-0.05, 0) is 31.0 Å². The number of ketones is 1. The highest BCUT2D eigenvalue weighted by Gasteiger charge is 2.45. The number of carboxylic acid groups (broad SMARTS) is 1. The standard InChI is InChI=1S/C16H16ClNO5/c1-3-16(2)10-5-4-8(17)6-9(10)13(21)12(14(16)22)15(23)18-7-11(19)20/h4-6,21H,3,7H2,1-2H3,(H,18,23)(H,19,20)/t16-/m0/s1. The van der Waals surface area contributed by atoms with Gasteiger partial charge in [-0.15, -0.1) is 0 Å². The van der Waals surface area contributed by atoms with Gasteiger partial charge in [-0.25, -0.2) is 0 Å². The van der Waals surface area contributed by atoms with Crippen molar-refractivity contribution >= 4 is 35.0 Å². The Bertz CT molecular complexity index is 740. The Balaban J connectivity index is 2.61. The third-order valence-electron chi connectivity index (χ3n) is 4.13. The number of aliphatic hydroxyl groups excluding tert-OH is 1. The molecular formula is C16H16ClNO5. The van der Waals surface area contributed by atoms with Crippen molar-refractivity contribution in [3.63, 3.8) is 0 Å². The third-order valence-corrected chi connectivity index (χ3v) is 4.37. The first-order valence-corrected chi connectivity index (χ1v) is 7.38. The molecule has 0 saturated heterocycles. The molecule has 0 spiro atoms. The van der Waals surface area contributed by atoms with Crippen molar-refractivity contribution in [2.45, 2.75) is 25.7 Å². The molecule has 0 saturated carbocycles. The van der Waals surface area contributed by atoms with Gasteiger partial charge in [-0.2, -0.15) is 0 Å². The van der Waals surface area contributed by atoms with E-state index in [-0.39, 0.29) is 0 Å². The average Bonchev–Trinajstić information content (AvgIpc) is 2.50. The maximum absolute atomic E-state index is 12.8. The molecule has 3 N–H and O–H groups in total. The maximum atomic E-state index is 12.8. The van der Waals surface area contributed by atoms with Crippen molar-refractivity contribution in [2.75, 3.05) is 6.54 Å². The SMILES string of the molecule is CC[C@]1(C)C(=O)C(C(=O)NCC(=O)O)=C(O)c2cc(Cl)ccc21. The monoisotopic (exact) mass is 337 g/mol. The summed E-state index contributed by atoms with van der Waals surface area (Å²) in [6, 6.07) is 4.75. The number of benzene rings is 1. The van der Waals surface area contributed by atoms with Gasteiger partial charge in [0.2, 0.25) is 0 Å². The van der Waals surface area contributed by atoms with E-state index in [0.717, 1.165) is 0 Å². The summed E-state index contributed by atoms with van der Waals surface area (Å²) in [6.45, 7) is 2.83. The summed E-state index contributed by atoms with van der Waals surface area (Å²) in [5.41, 5.74) is -0.545. The first kappa shape index (κ1) is 17.0. The molecule has 0 radical (unpaired) electrons. The molecule has 0 unspecified atom stereocenters. The molecule has 0 aromatic heterocycles. The van der Waals surface area contributed by atoms with Crippen molar-refractivity contribution < 1.29 is 24.6 Å². The van der Waals surface area contributed by atoms with E-state index in [4.69, 9.17) is 16.7 Å².